The normalized spacial score (nSPS) is 15.3. The molecule has 2 N–H and O–H groups in total. The molecule has 1 amide bonds. The average molecular weight is 310 g/mol. The zero-order valence-electron chi connectivity index (χ0n) is 12.2. The van der Waals surface area contributed by atoms with Crippen molar-refractivity contribution in [2.45, 2.75) is 0 Å². The fourth-order valence-corrected chi connectivity index (χ4v) is 2.64. The quantitative estimate of drug-likeness (QED) is 0.751. The van der Waals surface area contributed by atoms with Crippen molar-refractivity contribution in [1.29, 1.82) is 0 Å². The summed E-state index contributed by atoms with van der Waals surface area (Å²) < 4.78 is 5.18. The standard InChI is InChI=1S/C16H14N4O3/c21-11-3-1-2-10(8-11)15-18-12-4-5-17-14(12)16(19-15)20-6-7-23-9-13(20)22/h1-5,8,17,21H,6-7,9H2. The van der Waals surface area contributed by atoms with Crippen molar-refractivity contribution in [1.82, 2.24) is 15.0 Å². The Morgan fingerprint density at radius 2 is 2.17 bits per heavy atom. The highest BCUT2D eigenvalue weighted by molar-refractivity contribution is 6.01. The number of H-pyrrole nitrogens is 1. The van der Waals surface area contributed by atoms with Crippen LogP contribution in [0.25, 0.3) is 22.4 Å². The molecule has 0 saturated carbocycles. The zero-order chi connectivity index (χ0) is 15.8. The van der Waals surface area contributed by atoms with Gasteiger partial charge in [0.2, 0.25) is 0 Å². The number of aromatic amines is 1. The van der Waals surface area contributed by atoms with Crippen molar-refractivity contribution < 1.29 is 14.6 Å². The molecule has 7 nitrogen and oxygen atoms in total. The maximum Gasteiger partial charge on any atom is 0.254 e. The molecule has 3 heterocycles. The second-order valence-corrected chi connectivity index (χ2v) is 5.26. The molecule has 0 unspecified atom stereocenters. The first-order valence-corrected chi connectivity index (χ1v) is 7.25. The van der Waals surface area contributed by atoms with E-state index in [1.54, 1.807) is 29.3 Å². The summed E-state index contributed by atoms with van der Waals surface area (Å²) in [5.41, 5.74) is 2.12. The van der Waals surface area contributed by atoms with Gasteiger partial charge in [-0.25, -0.2) is 9.97 Å². The van der Waals surface area contributed by atoms with Crippen molar-refractivity contribution in [2.75, 3.05) is 24.7 Å². The maximum absolute atomic E-state index is 12.1. The molecule has 0 aliphatic carbocycles. The minimum Gasteiger partial charge on any atom is -0.508 e. The van der Waals surface area contributed by atoms with Crippen LogP contribution in [0.5, 0.6) is 5.75 Å². The third kappa shape index (κ3) is 2.40. The molecule has 1 saturated heterocycles. The lowest BCUT2D eigenvalue weighted by Gasteiger charge is -2.26. The molecule has 116 valence electrons. The van der Waals surface area contributed by atoms with E-state index in [9.17, 15) is 9.90 Å². The molecule has 1 fully saturated rings. The Balaban J connectivity index is 1.89. The summed E-state index contributed by atoms with van der Waals surface area (Å²) >= 11 is 0. The summed E-state index contributed by atoms with van der Waals surface area (Å²) in [7, 11) is 0. The summed E-state index contributed by atoms with van der Waals surface area (Å²) in [5.74, 6) is 1.01. The molecule has 23 heavy (non-hydrogen) atoms. The van der Waals surface area contributed by atoms with E-state index < -0.39 is 0 Å². The van der Waals surface area contributed by atoms with Crippen LogP contribution < -0.4 is 4.90 Å². The Kier molecular flexibility index (Phi) is 3.20. The molecule has 2 aromatic heterocycles. The van der Waals surface area contributed by atoms with Gasteiger partial charge in [0, 0.05) is 11.8 Å². The molecule has 1 aromatic carbocycles. The van der Waals surface area contributed by atoms with E-state index in [4.69, 9.17) is 4.74 Å². The fourth-order valence-electron chi connectivity index (χ4n) is 2.64. The van der Waals surface area contributed by atoms with Crippen LogP contribution in [0, 0.1) is 0 Å². The van der Waals surface area contributed by atoms with Crippen LogP contribution in [-0.4, -0.2) is 45.7 Å². The number of benzene rings is 1. The van der Waals surface area contributed by atoms with Gasteiger partial charge in [-0.15, -0.1) is 0 Å². The molecule has 4 rings (SSSR count). The number of ether oxygens (including phenoxy) is 1. The van der Waals surface area contributed by atoms with Crippen molar-refractivity contribution in [3.05, 3.63) is 36.5 Å². The predicted octanol–water partition coefficient (Wildman–Crippen LogP) is 1.69. The molecule has 0 bridgehead atoms. The molecular weight excluding hydrogens is 296 g/mol. The highest BCUT2D eigenvalue weighted by Crippen LogP contribution is 2.28. The Morgan fingerprint density at radius 1 is 1.26 bits per heavy atom. The summed E-state index contributed by atoms with van der Waals surface area (Å²) in [6, 6.07) is 8.56. The molecule has 3 aromatic rings. The second-order valence-electron chi connectivity index (χ2n) is 5.26. The lowest BCUT2D eigenvalue weighted by atomic mass is 10.2. The predicted molar refractivity (Wildman–Crippen MR) is 84.2 cm³/mol. The minimum atomic E-state index is -0.132. The number of nitrogens with one attached hydrogen (secondary N) is 1. The third-order valence-corrected chi connectivity index (χ3v) is 3.73. The summed E-state index contributed by atoms with van der Waals surface area (Å²) in [4.78, 5) is 25.9. The number of amides is 1. The van der Waals surface area contributed by atoms with Gasteiger partial charge in [-0.05, 0) is 18.2 Å². The number of carbonyl (C=O) groups is 1. The number of nitrogens with zero attached hydrogens (tertiary/aromatic N) is 3. The number of morpholine rings is 1. The number of hydrogen-bond donors (Lipinski definition) is 2. The Bertz CT molecular complexity index is 890. The van der Waals surface area contributed by atoms with Crippen LogP contribution >= 0.6 is 0 Å². The van der Waals surface area contributed by atoms with Crippen molar-refractivity contribution >= 4 is 22.8 Å². The van der Waals surface area contributed by atoms with Crippen LogP contribution in [0.15, 0.2) is 36.5 Å². The van der Waals surface area contributed by atoms with E-state index in [-0.39, 0.29) is 18.3 Å². The minimum absolute atomic E-state index is 0.0493. The first-order valence-electron chi connectivity index (χ1n) is 7.25. The van der Waals surface area contributed by atoms with Gasteiger partial charge in [0.15, 0.2) is 11.6 Å². The first kappa shape index (κ1) is 13.7. The van der Waals surface area contributed by atoms with Gasteiger partial charge in [0.05, 0.1) is 18.7 Å². The smallest absolute Gasteiger partial charge is 0.254 e. The van der Waals surface area contributed by atoms with E-state index >= 15 is 0 Å². The number of hydrogen-bond acceptors (Lipinski definition) is 5. The van der Waals surface area contributed by atoms with Gasteiger partial charge < -0.3 is 14.8 Å². The zero-order valence-corrected chi connectivity index (χ0v) is 12.2. The lowest BCUT2D eigenvalue weighted by molar-refractivity contribution is -0.125. The molecule has 1 aliphatic rings. The van der Waals surface area contributed by atoms with E-state index in [0.717, 1.165) is 0 Å². The topological polar surface area (TPSA) is 91.3 Å². The molecule has 0 spiro atoms. The molecule has 7 heteroatoms. The number of rotatable bonds is 2. The van der Waals surface area contributed by atoms with Gasteiger partial charge in [-0.3, -0.25) is 9.69 Å². The number of anilines is 1. The van der Waals surface area contributed by atoms with Crippen molar-refractivity contribution in [2.24, 2.45) is 0 Å². The van der Waals surface area contributed by atoms with Crippen molar-refractivity contribution in [3.8, 4) is 17.1 Å². The van der Waals surface area contributed by atoms with Crippen LogP contribution in [0.4, 0.5) is 5.82 Å². The van der Waals surface area contributed by atoms with E-state index in [0.29, 0.717) is 41.4 Å². The van der Waals surface area contributed by atoms with E-state index in [1.165, 1.54) is 0 Å². The largest absolute Gasteiger partial charge is 0.508 e. The van der Waals surface area contributed by atoms with Gasteiger partial charge in [0.25, 0.3) is 5.91 Å². The number of fused-ring (bicyclic) bond motifs is 1. The summed E-state index contributed by atoms with van der Waals surface area (Å²) in [6.07, 6.45) is 1.76. The molecular formula is C16H14N4O3. The van der Waals surface area contributed by atoms with E-state index in [1.807, 2.05) is 12.1 Å². The summed E-state index contributed by atoms with van der Waals surface area (Å²) in [5, 5.41) is 9.66. The lowest BCUT2D eigenvalue weighted by Crippen LogP contribution is -2.42. The molecule has 1 aliphatic heterocycles. The van der Waals surface area contributed by atoms with Gasteiger partial charge in [-0.1, -0.05) is 12.1 Å². The Morgan fingerprint density at radius 3 is 3.00 bits per heavy atom. The number of phenols is 1. The molecule has 0 radical (unpaired) electrons. The summed E-state index contributed by atoms with van der Waals surface area (Å²) in [6.45, 7) is 0.969. The molecule has 0 atom stereocenters. The van der Waals surface area contributed by atoms with Gasteiger partial charge in [0.1, 0.15) is 17.9 Å². The number of carbonyl (C=O) groups excluding carboxylic acids is 1. The number of aromatic hydroxyl groups is 1. The third-order valence-electron chi connectivity index (χ3n) is 3.73. The Labute approximate surface area is 131 Å². The monoisotopic (exact) mass is 310 g/mol. The van der Waals surface area contributed by atoms with Crippen LogP contribution in [0.3, 0.4) is 0 Å². The number of phenolic OH excluding ortho intramolecular Hbond substituents is 1. The maximum atomic E-state index is 12.1. The Hall–Kier alpha value is -2.93. The second kappa shape index (κ2) is 5.36. The average Bonchev–Trinajstić information content (AvgIpc) is 3.03. The highest BCUT2D eigenvalue weighted by Gasteiger charge is 2.25. The fraction of sp³-hybridized carbons (Fsp3) is 0.188. The number of aromatic nitrogens is 3. The SMILES string of the molecule is O=C1COCCN1c1nc(-c2cccc(O)c2)nc2cc[nH]c12. The highest BCUT2D eigenvalue weighted by atomic mass is 16.5. The van der Waals surface area contributed by atoms with Crippen LogP contribution in [-0.2, 0) is 9.53 Å². The van der Waals surface area contributed by atoms with Crippen LogP contribution in [0.1, 0.15) is 0 Å². The van der Waals surface area contributed by atoms with Crippen molar-refractivity contribution in [3.63, 3.8) is 0 Å². The van der Waals surface area contributed by atoms with Gasteiger partial charge >= 0.3 is 0 Å². The first-order chi connectivity index (χ1) is 11.2. The van der Waals surface area contributed by atoms with Crippen LogP contribution in [0.2, 0.25) is 0 Å². The van der Waals surface area contributed by atoms with Gasteiger partial charge in [-0.2, -0.15) is 0 Å². The van der Waals surface area contributed by atoms with E-state index in [2.05, 4.69) is 15.0 Å².